The highest BCUT2D eigenvalue weighted by Gasteiger charge is 2.37. The fourth-order valence-corrected chi connectivity index (χ4v) is 2.88. The summed E-state index contributed by atoms with van der Waals surface area (Å²) in [6, 6.07) is 0.980. The lowest BCUT2D eigenvalue weighted by atomic mass is 9.89. The predicted molar refractivity (Wildman–Crippen MR) is 75.8 cm³/mol. The van der Waals surface area contributed by atoms with Crippen LogP contribution in [0.2, 0.25) is 0 Å². The highest BCUT2D eigenvalue weighted by atomic mass is 16.3. The first-order valence-corrected chi connectivity index (χ1v) is 7.56. The number of likely N-dealkylation sites (tertiary alicyclic amines) is 1. The van der Waals surface area contributed by atoms with Gasteiger partial charge in [-0.25, -0.2) is 0 Å². The van der Waals surface area contributed by atoms with Gasteiger partial charge in [0, 0.05) is 37.2 Å². The standard InChI is InChI=1S/C15H28N2O2/c1-15(2,3)14(19)16-12-8-11(6-7-18)9-17(10-12)13-4-5-13/h11-13,18H,4-10H2,1-3H3,(H,16,19). The lowest BCUT2D eigenvalue weighted by Gasteiger charge is -2.39. The molecule has 1 saturated heterocycles. The van der Waals surface area contributed by atoms with Crippen LogP contribution in [0.1, 0.15) is 46.5 Å². The first-order chi connectivity index (χ1) is 8.90. The highest BCUT2D eigenvalue weighted by molar-refractivity contribution is 5.81. The Bertz CT molecular complexity index is 321. The molecule has 4 nitrogen and oxygen atoms in total. The van der Waals surface area contributed by atoms with Crippen molar-refractivity contribution in [1.82, 2.24) is 10.2 Å². The molecule has 2 atom stereocenters. The van der Waals surface area contributed by atoms with Gasteiger partial charge in [-0.15, -0.1) is 0 Å². The van der Waals surface area contributed by atoms with E-state index in [9.17, 15) is 4.79 Å². The molecule has 0 aromatic rings. The minimum atomic E-state index is -0.325. The molecule has 0 aromatic heterocycles. The van der Waals surface area contributed by atoms with Crippen LogP contribution in [0.3, 0.4) is 0 Å². The first-order valence-electron chi connectivity index (χ1n) is 7.56. The second-order valence-corrected chi connectivity index (χ2v) is 7.22. The SMILES string of the molecule is CC(C)(C)C(=O)NC1CC(CCO)CN(C2CC2)C1. The van der Waals surface area contributed by atoms with Gasteiger partial charge in [0.15, 0.2) is 0 Å². The molecule has 1 heterocycles. The zero-order chi connectivity index (χ0) is 14.0. The molecule has 19 heavy (non-hydrogen) atoms. The molecule has 0 bridgehead atoms. The van der Waals surface area contributed by atoms with Crippen LogP contribution in [0.4, 0.5) is 0 Å². The average molecular weight is 268 g/mol. The molecule has 0 aromatic carbocycles. The highest BCUT2D eigenvalue weighted by Crippen LogP contribution is 2.32. The summed E-state index contributed by atoms with van der Waals surface area (Å²) in [4.78, 5) is 14.6. The maximum Gasteiger partial charge on any atom is 0.225 e. The summed E-state index contributed by atoms with van der Waals surface area (Å²) in [6.07, 6.45) is 4.45. The maximum absolute atomic E-state index is 12.1. The van der Waals surface area contributed by atoms with E-state index in [1.54, 1.807) is 0 Å². The Morgan fingerprint density at radius 2 is 2.00 bits per heavy atom. The van der Waals surface area contributed by atoms with Gasteiger partial charge in [-0.05, 0) is 31.6 Å². The normalized spacial score (nSPS) is 29.3. The van der Waals surface area contributed by atoms with Crippen LogP contribution in [0.5, 0.6) is 0 Å². The van der Waals surface area contributed by atoms with E-state index >= 15 is 0 Å². The van der Waals surface area contributed by atoms with Crippen molar-refractivity contribution >= 4 is 5.91 Å². The summed E-state index contributed by atoms with van der Waals surface area (Å²) in [5.74, 6) is 0.655. The summed E-state index contributed by atoms with van der Waals surface area (Å²) in [6.45, 7) is 8.18. The molecule has 2 fully saturated rings. The van der Waals surface area contributed by atoms with Crippen molar-refractivity contribution < 1.29 is 9.90 Å². The van der Waals surface area contributed by atoms with Gasteiger partial charge in [0.2, 0.25) is 5.91 Å². The molecule has 4 heteroatoms. The molecular formula is C15H28N2O2. The molecule has 1 saturated carbocycles. The van der Waals surface area contributed by atoms with Crippen molar-refractivity contribution in [1.29, 1.82) is 0 Å². The van der Waals surface area contributed by atoms with Crippen LogP contribution in [0.15, 0.2) is 0 Å². The van der Waals surface area contributed by atoms with Crippen LogP contribution in [-0.4, -0.2) is 47.7 Å². The van der Waals surface area contributed by atoms with Gasteiger partial charge in [0.1, 0.15) is 0 Å². The molecule has 0 radical (unpaired) electrons. The molecule has 110 valence electrons. The Morgan fingerprint density at radius 1 is 1.32 bits per heavy atom. The van der Waals surface area contributed by atoms with Crippen LogP contribution < -0.4 is 5.32 Å². The second-order valence-electron chi connectivity index (χ2n) is 7.22. The van der Waals surface area contributed by atoms with Crippen LogP contribution in [0.25, 0.3) is 0 Å². The molecule has 1 amide bonds. The van der Waals surface area contributed by atoms with E-state index < -0.39 is 0 Å². The van der Waals surface area contributed by atoms with E-state index in [0.717, 1.165) is 32.0 Å². The Kier molecular flexibility index (Phi) is 4.51. The summed E-state index contributed by atoms with van der Waals surface area (Å²) < 4.78 is 0. The molecule has 1 aliphatic heterocycles. The van der Waals surface area contributed by atoms with Crippen molar-refractivity contribution in [3.8, 4) is 0 Å². The third-order valence-corrected chi connectivity index (χ3v) is 4.18. The first kappa shape index (κ1) is 14.8. The summed E-state index contributed by atoms with van der Waals surface area (Å²) in [5.41, 5.74) is -0.325. The zero-order valence-electron chi connectivity index (χ0n) is 12.5. The number of aliphatic hydroxyl groups is 1. The smallest absolute Gasteiger partial charge is 0.225 e. The number of carbonyl (C=O) groups is 1. The Morgan fingerprint density at radius 3 is 2.53 bits per heavy atom. The quantitative estimate of drug-likeness (QED) is 0.810. The summed E-state index contributed by atoms with van der Waals surface area (Å²) >= 11 is 0. The summed E-state index contributed by atoms with van der Waals surface area (Å²) in [5, 5.41) is 12.3. The number of amides is 1. The number of nitrogens with zero attached hydrogens (tertiary/aromatic N) is 1. The fraction of sp³-hybridized carbons (Fsp3) is 0.933. The number of rotatable bonds is 4. The lowest BCUT2D eigenvalue weighted by molar-refractivity contribution is -0.129. The third-order valence-electron chi connectivity index (χ3n) is 4.18. The van der Waals surface area contributed by atoms with Gasteiger partial charge in [-0.2, -0.15) is 0 Å². The van der Waals surface area contributed by atoms with Gasteiger partial charge in [0.05, 0.1) is 0 Å². The minimum Gasteiger partial charge on any atom is -0.396 e. The van der Waals surface area contributed by atoms with E-state index in [1.165, 1.54) is 12.8 Å². The number of piperidine rings is 1. The molecule has 2 rings (SSSR count). The van der Waals surface area contributed by atoms with Gasteiger partial charge < -0.3 is 10.4 Å². The van der Waals surface area contributed by atoms with E-state index in [-0.39, 0.29) is 24.0 Å². The molecule has 2 unspecified atom stereocenters. The second kappa shape index (κ2) is 5.80. The minimum absolute atomic E-state index is 0.137. The number of nitrogens with one attached hydrogen (secondary N) is 1. The van der Waals surface area contributed by atoms with E-state index in [1.807, 2.05) is 20.8 Å². The van der Waals surface area contributed by atoms with Crippen molar-refractivity contribution in [2.75, 3.05) is 19.7 Å². The van der Waals surface area contributed by atoms with E-state index in [2.05, 4.69) is 10.2 Å². The van der Waals surface area contributed by atoms with Crippen molar-refractivity contribution in [3.63, 3.8) is 0 Å². The van der Waals surface area contributed by atoms with Crippen molar-refractivity contribution in [2.24, 2.45) is 11.3 Å². The topological polar surface area (TPSA) is 52.6 Å². The van der Waals surface area contributed by atoms with Crippen LogP contribution in [-0.2, 0) is 4.79 Å². The van der Waals surface area contributed by atoms with Gasteiger partial charge >= 0.3 is 0 Å². The summed E-state index contributed by atoms with van der Waals surface area (Å²) in [7, 11) is 0. The van der Waals surface area contributed by atoms with Gasteiger partial charge in [0.25, 0.3) is 0 Å². The lowest BCUT2D eigenvalue weighted by Crippen LogP contribution is -2.53. The Balaban J connectivity index is 1.92. The molecule has 0 spiro atoms. The number of hydrogen-bond donors (Lipinski definition) is 2. The fourth-order valence-electron chi connectivity index (χ4n) is 2.88. The molecule has 1 aliphatic carbocycles. The van der Waals surface area contributed by atoms with Crippen LogP contribution >= 0.6 is 0 Å². The monoisotopic (exact) mass is 268 g/mol. The van der Waals surface area contributed by atoms with Crippen molar-refractivity contribution in [3.05, 3.63) is 0 Å². The number of aliphatic hydroxyl groups excluding tert-OH is 1. The zero-order valence-corrected chi connectivity index (χ0v) is 12.5. The maximum atomic E-state index is 12.1. The largest absolute Gasteiger partial charge is 0.396 e. The van der Waals surface area contributed by atoms with Crippen LogP contribution in [0, 0.1) is 11.3 Å². The van der Waals surface area contributed by atoms with Gasteiger partial charge in [-0.1, -0.05) is 20.8 Å². The number of carbonyl (C=O) groups excluding carboxylic acids is 1. The van der Waals surface area contributed by atoms with Crippen molar-refractivity contribution in [2.45, 2.75) is 58.5 Å². The van der Waals surface area contributed by atoms with E-state index in [0.29, 0.717) is 5.92 Å². The Labute approximate surface area is 116 Å². The predicted octanol–water partition coefficient (Wildman–Crippen LogP) is 1.38. The average Bonchev–Trinajstić information content (AvgIpc) is 3.11. The number of hydrogen-bond acceptors (Lipinski definition) is 3. The third kappa shape index (κ3) is 4.18. The van der Waals surface area contributed by atoms with E-state index in [4.69, 9.17) is 5.11 Å². The van der Waals surface area contributed by atoms with Gasteiger partial charge in [-0.3, -0.25) is 9.69 Å². The molecular weight excluding hydrogens is 240 g/mol. The molecule has 2 aliphatic rings. The Hall–Kier alpha value is -0.610. The molecule has 2 N–H and O–H groups in total.